The van der Waals surface area contributed by atoms with Crippen molar-refractivity contribution in [3.63, 3.8) is 0 Å². The summed E-state index contributed by atoms with van der Waals surface area (Å²) in [4.78, 5) is 0. The number of rotatable bonds is 1. The van der Waals surface area contributed by atoms with Crippen LogP contribution in [0.4, 0.5) is 0 Å². The quantitative estimate of drug-likeness (QED) is 0.631. The zero-order valence-corrected chi connectivity index (χ0v) is 9.92. The van der Waals surface area contributed by atoms with E-state index in [0.29, 0.717) is 0 Å². The molecule has 3 heteroatoms. The molecule has 0 atom stereocenters. The zero-order chi connectivity index (χ0) is 10.2. The lowest BCUT2D eigenvalue weighted by Gasteiger charge is -2.14. The van der Waals surface area contributed by atoms with Crippen molar-refractivity contribution in [2.75, 3.05) is 0 Å². The van der Waals surface area contributed by atoms with Gasteiger partial charge in [0.1, 0.15) is 0 Å². The van der Waals surface area contributed by atoms with Gasteiger partial charge >= 0.3 is 5.54 Å². The average molecular weight is 215 g/mol. The molecular formula is C10H13BCl2. The van der Waals surface area contributed by atoms with Gasteiger partial charge in [-0.2, -0.15) is 22.9 Å². The second-order valence-corrected chi connectivity index (χ2v) is 4.57. The van der Waals surface area contributed by atoms with Gasteiger partial charge in [-0.15, -0.1) is 0 Å². The second-order valence-electron chi connectivity index (χ2n) is 3.47. The van der Waals surface area contributed by atoms with E-state index in [-0.39, 0.29) is 0 Å². The van der Waals surface area contributed by atoms with Gasteiger partial charge in [-0.05, 0) is 44.3 Å². The molecule has 0 heterocycles. The van der Waals surface area contributed by atoms with E-state index in [2.05, 4.69) is 33.8 Å². The Morgan fingerprint density at radius 3 is 1.62 bits per heavy atom. The molecule has 0 saturated carbocycles. The maximum absolute atomic E-state index is 5.92. The van der Waals surface area contributed by atoms with Crippen molar-refractivity contribution in [1.29, 1.82) is 0 Å². The van der Waals surface area contributed by atoms with Crippen LogP contribution in [0.15, 0.2) is 6.07 Å². The fourth-order valence-electron chi connectivity index (χ4n) is 1.57. The second kappa shape index (κ2) is 3.94. The fraction of sp³-hybridized carbons (Fsp3) is 0.400. The summed E-state index contributed by atoms with van der Waals surface area (Å²) in [6.45, 7) is 8.30. The molecule has 0 spiro atoms. The monoisotopic (exact) mass is 214 g/mol. The van der Waals surface area contributed by atoms with Crippen molar-refractivity contribution in [2.24, 2.45) is 0 Å². The first-order chi connectivity index (χ1) is 5.95. The van der Waals surface area contributed by atoms with Crippen molar-refractivity contribution >= 4 is 33.9 Å². The van der Waals surface area contributed by atoms with Crippen molar-refractivity contribution in [3.8, 4) is 0 Å². The number of hydrogen-bond acceptors (Lipinski definition) is 0. The van der Waals surface area contributed by atoms with E-state index in [1.807, 2.05) is 0 Å². The lowest BCUT2D eigenvalue weighted by Crippen LogP contribution is -2.26. The molecule has 0 saturated heterocycles. The molecule has 0 amide bonds. The molecule has 0 nitrogen and oxygen atoms in total. The molecule has 0 unspecified atom stereocenters. The Morgan fingerprint density at radius 1 is 0.923 bits per heavy atom. The molecule has 1 aromatic carbocycles. The predicted molar refractivity (Wildman–Crippen MR) is 62.5 cm³/mol. The molecule has 1 rings (SSSR count). The van der Waals surface area contributed by atoms with Crippen LogP contribution in [0, 0.1) is 27.7 Å². The van der Waals surface area contributed by atoms with Gasteiger partial charge in [0, 0.05) is 0 Å². The third-order valence-corrected chi connectivity index (χ3v) is 3.08. The van der Waals surface area contributed by atoms with E-state index >= 15 is 0 Å². The van der Waals surface area contributed by atoms with Crippen LogP contribution in [0.1, 0.15) is 22.3 Å². The number of halogens is 2. The van der Waals surface area contributed by atoms with E-state index in [1.54, 1.807) is 0 Å². The molecule has 70 valence electrons. The minimum absolute atomic E-state index is 0.418. The Hall–Kier alpha value is -0.135. The normalized spacial score (nSPS) is 10.3. The highest BCUT2D eigenvalue weighted by Gasteiger charge is 2.17. The highest BCUT2D eigenvalue weighted by atomic mass is 35.5. The first kappa shape index (κ1) is 10.9. The Labute approximate surface area is 90.2 Å². The molecule has 0 aliphatic rings. The third kappa shape index (κ3) is 2.03. The van der Waals surface area contributed by atoms with Gasteiger partial charge in [0.15, 0.2) is 0 Å². The summed E-state index contributed by atoms with van der Waals surface area (Å²) in [6.07, 6.45) is 0. The van der Waals surface area contributed by atoms with Gasteiger partial charge in [0.2, 0.25) is 0 Å². The first-order valence-corrected chi connectivity index (χ1v) is 5.18. The standard InChI is InChI=1S/C10H13BCl2/c1-6-5-7(2)9(4)10(8(6)3)11(12)13/h5H,1-4H3. The summed E-state index contributed by atoms with van der Waals surface area (Å²) in [5.74, 6) is 0. The van der Waals surface area contributed by atoms with Crippen molar-refractivity contribution in [1.82, 2.24) is 0 Å². The SMILES string of the molecule is Cc1cc(C)c(C)c(B(Cl)Cl)c1C. The molecular weight excluding hydrogens is 202 g/mol. The topological polar surface area (TPSA) is 0 Å². The van der Waals surface area contributed by atoms with Gasteiger partial charge in [-0.1, -0.05) is 17.2 Å². The van der Waals surface area contributed by atoms with E-state index in [0.717, 1.165) is 5.46 Å². The third-order valence-electron chi connectivity index (χ3n) is 2.64. The number of benzene rings is 1. The van der Waals surface area contributed by atoms with Crippen molar-refractivity contribution in [3.05, 3.63) is 28.3 Å². The van der Waals surface area contributed by atoms with Crippen LogP contribution >= 0.6 is 22.9 Å². The molecule has 0 fully saturated rings. The Kier molecular flexibility index (Phi) is 3.31. The first-order valence-electron chi connectivity index (χ1n) is 4.30. The van der Waals surface area contributed by atoms with E-state index < -0.39 is 5.54 Å². The lowest BCUT2D eigenvalue weighted by molar-refractivity contribution is 1.27. The van der Waals surface area contributed by atoms with Crippen LogP contribution in [0.5, 0.6) is 0 Å². The van der Waals surface area contributed by atoms with Gasteiger partial charge in [0.05, 0.1) is 0 Å². The van der Waals surface area contributed by atoms with Crippen LogP contribution in [-0.2, 0) is 0 Å². The van der Waals surface area contributed by atoms with Gasteiger partial charge in [0.25, 0.3) is 0 Å². The Bertz CT molecular complexity index is 306. The highest BCUT2D eigenvalue weighted by molar-refractivity contribution is 7.39. The molecule has 0 bridgehead atoms. The molecule has 13 heavy (non-hydrogen) atoms. The molecule has 0 aromatic heterocycles. The van der Waals surface area contributed by atoms with Crippen LogP contribution in [0.2, 0.25) is 0 Å². The summed E-state index contributed by atoms with van der Waals surface area (Å²) in [6, 6.07) is 2.17. The molecule has 0 N–H and O–H groups in total. The van der Waals surface area contributed by atoms with Gasteiger partial charge in [-0.3, -0.25) is 0 Å². The smallest absolute Gasteiger partial charge is 0.165 e. The average Bonchev–Trinajstić information content (AvgIpc) is 2.01. The fourth-order valence-corrected chi connectivity index (χ4v) is 2.23. The van der Waals surface area contributed by atoms with E-state index in [9.17, 15) is 0 Å². The molecule has 0 aliphatic heterocycles. The lowest BCUT2D eigenvalue weighted by atomic mass is 9.80. The van der Waals surface area contributed by atoms with E-state index in [1.165, 1.54) is 22.3 Å². The van der Waals surface area contributed by atoms with Crippen LogP contribution in [-0.4, -0.2) is 5.54 Å². The number of aryl methyl sites for hydroxylation is 2. The maximum atomic E-state index is 5.92. The summed E-state index contributed by atoms with van der Waals surface area (Å²) >= 11 is 11.8. The highest BCUT2D eigenvalue weighted by Crippen LogP contribution is 2.15. The van der Waals surface area contributed by atoms with Crippen molar-refractivity contribution < 1.29 is 0 Å². The summed E-state index contributed by atoms with van der Waals surface area (Å²) in [7, 11) is 0. The summed E-state index contributed by atoms with van der Waals surface area (Å²) < 4.78 is 0. The predicted octanol–water partition coefficient (Wildman–Crippen LogP) is 3.09. The Balaban J connectivity index is 3.46. The largest absolute Gasteiger partial charge is 0.383 e. The minimum atomic E-state index is -0.418. The van der Waals surface area contributed by atoms with Crippen LogP contribution in [0.25, 0.3) is 0 Å². The van der Waals surface area contributed by atoms with Crippen LogP contribution in [0.3, 0.4) is 0 Å². The van der Waals surface area contributed by atoms with E-state index in [4.69, 9.17) is 22.9 Å². The minimum Gasteiger partial charge on any atom is -0.165 e. The summed E-state index contributed by atoms with van der Waals surface area (Å²) in [5.41, 5.74) is 5.57. The van der Waals surface area contributed by atoms with Crippen molar-refractivity contribution in [2.45, 2.75) is 27.7 Å². The molecule has 0 radical (unpaired) electrons. The van der Waals surface area contributed by atoms with Gasteiger partial charge in [-0.25, -0.2) is 0 Å². The Morgan fingerprint density at radius 2 is 1.31 bits per heavy atom. The summed E-state index contributed by atoms with van der Waals surface area (Å²) in [5, 5.41) is 0. The number of hydrogen-bond donors (Lipinski definition) is 0. The molecule has 0 aliphatic carbocycles. The maximum Gasteiger partial charge on any atom is 0.383 e. The van der Waals surface area contributed by atoms with Gasteiger partial charge < -0.3 is 0 Å². The van der Waals surface area contributed by atoms with Crippen LogP contribution < -0.4 is 5.46 Å². The zero-order valence-electron chi connectivity index (χ0n) is 8.41. The molecule has 1 aromatic rings.